The normalized spacial score (nSPS) is 10.7. The number of carbonyl (C=O) groups is 1. The van der Waals surface area contributed by atoms with Gasteiger partial charge in [-0.1, -0.05) is 10.3 Å². The lowest BCUT2D eigenvalue weighted by molar-refractivity contribution is -0.140. The van der Waals surface area contributed by atoms with Crippen molar-refractivity contribution in [2.75, 3.05) is 20.7 Å². The van der Waals surface area contributed by atoms with Crippen LogP contribution in [0.3, 0.4) is 0 Å². The number of aromatic nitrogens is 2. The summed E-state index contributed by atoms with van der Waals surface area (Å²) in [6, 6.07) is 0. The summed E-state index contributed by atoms with van der Waals surface area (Å²) in [6.07, 6.45) is 0.372. The van der Waals surface area contributed by atoms with E-state index < -0.39 is 0 Å². The molecule has 0 aliphatic rings. The van der Waals surface area contributed by atoms with Gasteiger partial charge in [0.25, 0.3) is 0 Å². The van der Waals surface area contributed by atoms with E-state index in [1.165, 1.54) is 7.11 Å². The Morgan fingerprint density at radius 1 is 1.53 bits per heavy atom. The molecule has 1 aromatic rings. The molecule has 0 aromatic carbocycles. The molecule has 0 saturated heterocycles. The minimum atomic E-state index is -0.211. The second-order valence-electron chi connectivity index (χ2n) is 3.36. The van der Waals surface area contributed by atoms with Gasteiger partial charge in [-0.15, -0.1) is 0 Å². The van der Waals surface area contributed by atoms with Gasteiger partial charge in [-0.3, -0.25) is 9.69 Å². The van der Waals surface area contributed by atoms with E-state index in [0.717, 1.165) is 11.4 Å². The van der Waals surface area contributed by atoms with Crippen molar-refractivity contribution in [3.8, 4) is 0 Å². The Morgan fingerprint density at radius 3 is 2.80 bits per heavy atom. The van der Waals surface area contributed by atoms with Crippen LogP contribution in [0.5, 0.6) is 0 Å². The van der Waals surface area contributed by atoms with Crippen molar-refractivity contribution in [1.29, 1.82) is 0 Å². The predicted octanol–water partition coefficient (Wildman–Crippen LogP) is 0.373. The molecule has 0 aliphatic heterocycles. The van der Waals surface area contributed by atoms with Crippen LogP contribution in [0.15, 0.2) is 4.63 Å². The second-order valence-corrected chi connectivity index (χ2v) is 3.36. The van der Waals surface area contributed by atoms with E-state index >= 15 is 0 Å². The molecule has 6 heteroatoms. The number of nitrogens with zero attached hydrogens (tertiary/aromatic N) is 3. The zero-order chi connectivity index (χ0) is 11.3. The molecule has 0 aliphatic carbocycles. The van der Waals surface area contributed by atoms with Crippen molar-refractivity contribution in [1.82, 2.24) is 15.2 Å². The van der Waals surface area contributed by atoms with Crippen LogP contribution in [0.25, 0.3) is 0 Å². The Hall–Kier alpha value is -1.43. The van der Waals surface area contributed by atoms with E-state index in [0.29, 0.717) is 19.5 Å². The summed E-state index contributed by atoms with van der Waals surface area (Å²) in [6.45, 7) is 3.07. The lowest BCUT2D eigenvalue weighted by Crippen LogP contribution is -2.22. The first-order valence-corrected chi connectivity index (χ1v) is 4.67. The van der Waals surface area contributed by atoms with Crippen LogP contribution in [0, 0.1) is 6.92 Å². The average Bonchev–Trinajstić information content (AvgIpc) is 2.61. The molecule has 6 nitrogen and oxygen atoms in total. The maximum Gasteiger partial charge on any atom is 0.306 e. The second kappa shape index (κ2) is 5.45. The standard InChI is InChI=1S/C9H15N3O3/c1-7-8(11-15-10-7)6-12(2)5-4-9(13)14-3/h4-6H2,1-3H3. The van der Waals surface area contributed by atoms with Gasteiger partial charge in [-0.25, -0.2) is 4.63 Å². The number of esters is 1. The Balaban J connectivity index is 2.33. The molecular formula is C9H15N3O3. The first-order chi connectivity index (χ1) is 7.13. The molecule has 0 spiro atoms. The highest BCUT2D eigenvalue weighted by atomic mass is 16.6. The zero-order valence-corrected chi connectivity index (χ0v) is 9.19. The van der Waals surface area contributed by atoms with Crippen molar-refractivity contribution >= 4 is 5.97 Å². The van der Waals surface area contributed by atoms with Gasteiger partial charge >= 0.3 is 5.97 Å². The highest BCUT2D eigenvalue weighted by Gasteiger charge is 2.09. The van der Waals surface area contributed by atoms with Crippen LogP contribution < -0.4 is 0 Å². The van der Waals surface area contributed by atoms with Gasteiger partial charge in [-0.2, -0.15) is 0 Å². The summed E-state index contributed by atoms with van der Waals surface area (Å²) >= 11 is 0. The van der Waals surface area contributed by atoms with Gasteiger partial charge in [0, 0.05) is 13.1 Å². The van der Waals surface area contributed by atoms with E-state index in [1.54, 1.807) is 0 Å². The SMILES string of the molecule is COC(=O)CCN(C)Cc1nonc1C. The van der Waals surface area contributed by atoms with Gasteiger partial charge in [0.2, 0.25) is 0 Å². The van der Waals surface area contributed by atoms with Crippen LogP contribution in [-0.4, -0.2) is 41.9 Å². The Kier molecular flexibility index (Phi) is 4.23. The Morgan fingerprint density at radius 2 is 2.27 bits per heavy atom. The maximum atomic E-state index is 10.9. The fourth-order valence-electron chi connectivity index (χ4n) is 1.11. The summed E-state index contributed by atoms with van der Waals surface area (Å²) in [4.78, 5) is 12.9. The molecule has 0 unspecified atom stereocenters. The van der Waals surface area contributed by atoms with Crippen molar-refractivity contribution in [3.05, 3.63) is 11.4 Å². The quantitative estimate of drug-likeness (QED) is 0.658. The molecule has 0 fully saturated rings. The molecule has 15 heavy (non-hydrogen) atoms. The van der Waals surface area contributed by atoms with E-state index in [2.05, 4.69) is 19.7 Å². The van der Waals surface area contributed by atoms with Crippen LogP contribution in [-0.2, 0) is 16.1 Å². The molecule has 1 aromatic heterocycles. The topological polar surface area (TPSA) is 68.5 Å². The van der Waals surface area contributed by atoms with Gasteiger partial charge in [0.1, 0.15) is 11.4 Å². The minimum Gasteiger partial charge on any atom is -0.469 e. The number of aryl methyl sites for hydroxylation is 1. The minimum absolute atomic E-state index is 0.211. The van der Waals surface area contributed by atoms with E-state index in [1.807, 2.05) is 18.9 Å². The molecule has 0 N–H and O–H groups in total. The van der Waals surface area contributed by atoms with Gasteiger partial charge in [-0.05, 0) is 14.0 Å². The van der Waals surface area contributed by atoms with E-state index in [-0.39, 0.29) is 5.97 Å². The maximum absolute atomic E-state index is 10.9. The molecule has 1 rings (SSSR count). The van der Waals surface area contributed by atoms with Crippen LogP contribution in [0.1, 0.15) is 17.8 Å². The van der Waals surface area contributed by atoms with Crippen molar-refractivity contribution < 1.29 is 14.2 Å². The smallest absolute Gasteiger partial charge is 0.306 e. The van der Waals surface area contributed by atoms with Crippen LogP contribution >= 0.6 is 0 Å². The zero-order valence-electron chi connectivity index (χ0n) is 9.19. The number of ether oxygens (including phenoxy) is 1. The van der Waals surface area contributed by atoms with Gasteiger partial charge < -0.3 is 4.74 Å². The molecule has 0 radical (unpaired) electrons. The first-order valence-electron chi connectivity index (χ1n) is 4.67. The fourth-order valence-corrected chi connectivity index (χ4v) is 1.11. The summed E-state index contributed by atoms with van der Waals surface area (Å²) in [5.74, 6) is -0.211. The van der Waals surface area contributed by atoms with Crippen molar-refractivity contribution in [2.24, 2.45) is 0 Å². The predicted molar refractivity (Wildman–Crippen MR) is 52.0 cm³/mol. The highest BCUT2D eigenvalue weighted by molar-refractivity contribution is 5.69. The van der Waals surface area contributed by atoms with Crippen molar-refractivity contribution in [2.45, 2.75) is 19.9 Å². The van der Waals surface area contributed by atoms with Crippen LogP contribution in [0.4, 0.5) is 0 Å². The number of hydrogen-bond acceptors (Lipinski definition) is 6. The average molecular weight is 213 g/mol. The number of hydrogen-bond donors (Lipinski definition) is 0. The summed E-state index contributed by atoms with van der Waals surface area (Å²) < 4.78 is 9.12. The molecule has 0 atom stereocenters. The third kappa shape index (κ3) is 3.67. The number of carbonyl (C=O) groups excluding carboxylic acids is 1. The molecule has 0 amide bonds. The molecule has 0 saturated carbocycles. The molecule has 1 heterocycles. The molecular weight excluding hydrogens is 198 g/mol. The Labute approximate surface area is 88.2 Å². The monoisotopic (exact) mass is 213 g/mol. The fraction of sp³-hybridized carbons (Fsp3) is 0.667. The highest BCUT2D eigenvalue weighted by Crippen LogP contribution is 2.04. The number of rotatable bonds is 5. The lowest BCUT2D eigenvalue weighted by Gasteiger charge is -2.13. The molecule has 0 bridgehead atoms. The first kappa shape index (κ1) is 11.6. The van der Waals surface area contributed by atoms with Crippen LogP contribution in [0.2, 0.25) is 0 Å². The third-order valence-corrected chi connectivity index (χ3v) is 2.09. The van der Waals surface area contributed by atoms with Gasteiger partial charge in [0.15, 0.2) is 0 Å². The van der Waals surface area contributed by atoms with Gasteiger partial charge in [0.05, 0.1) is 13.5 Å². The summed E-state index contributed by atoms with van der Waals surface area (Å²) in [5, 5.41) is 7.44. The summed E-state index contributed by atoms with van der Waals surface area (Å²) in [5.41, 5.74) is 1.57. The van der Waals surface area contributed by atoms with E-state index in [9.17, 15) is 4.79 Å². The lowest BCUT2D eigenvalue weighted by atomic mass is 10.3. The Bertz CT molecular complexity index is 324. The van der Waals surface area contributed by atoms with Crippen molar-refractivity contribution in [3.63, 3.8) is 0 Å². The third-order valence-electron chi connectivity index (χ3n) is 2.09. The summed E-state index contributed by atoms with van der Waals surface area (Å²) in [7, 11) is 3.28. The van der Waals surface area contributed by atoms with E-state index in [4.69, 9.17) is 0 Å². The largest absolute Gasteiger partial charge is 0.469 e. The molecule has 84 valence electrons. The number of methoxy groups -OCH3 is 1.